The predicted octanol–water partition coefficient (Wildman–Crippen LogP) is 2.16. The summed E-state index contributed by atoms with van der Waals surface area (Å²) in [5.74, 6) is 1.34. The number of carbonyl (C=O) groups is 1. The molecule has 1 fully saturated rings. The number of ether oxygens (including phenoxy) is 1. The zero-order valence-corrected chi connectivity index (χ0v) is 12.4. The molecule has 0 bridgehead atoms. The van der Waals surface area contributed by atoms with Crippen molar-refractivity contribution in [1.82, 2.24) is 10.2 Å². The Morgan fingerprint density at radius 3 is 3.00 bits per heavy atom. The summed E-state index contributed by atoms with van der Waals surface area (Å²) in [4.78, 5) is 14.6. The fourth-order valence-electron chi connectivity index (χ4n) is 2.80. The van der Waals surface area contributed by atoms with Gasteiger partial charge in [-0.2, -0.15) is 0 Å². The topological polar surface area (TPSA) is 41.6 Å². The van der Waals surface area contributed by atoms with Gasteiger partial charge in [-0.1, -0.05) is 12.1 Å². The first-order chi connectivity index (χ1) is 9.76. The Morgan fingerprint density at radius 2 is 2.25 bits per heavy atom. The highest BCUT2D eigenvalue weighted by molar-refractivity contribution is 5.97. The molecule has 0 aliphatic carbocycles. The number of nitrogens with zero attached hydrogens (tertiary/aromatic N) is 1. The van der Waals surface area contributed by atoms with Crippen LogP contribution >= 0.6 is 0 Å². The maximum absolute atomic E-state index is 12.7. The van der Waals surface area contributed by atoms with Crippen molar-refractivity contribution in [2.75, 3.05) is 33.3 Å². The van der Waals surface area contributed by atoms with Gasteiger partial charge in [-0.3, -0.25) is 4.79 Å². The van der Waals surface area contributed by atoms with E-state index < -0.39 is 0 Å². The lowest BCUT2D eigenvalue weighted by molar-refractivity contribution is 0.0670. The Labute approximate surface area is 121 Å². The van der Waals surface area contributed by atoms with E-state index in [4.69, 9.17) is 4.74 Å². The standard InChI is InChI=1S/C16H24N2O2/c1-3-20-15-9-5-4-8-14(15)16(19)18-10-6-7-13(12-18)11-17-2/h4-5,8-9,13,17H,3,6-7,10-12H2,1-2H3. The average molecular weight is 276 g/mol. The van der Waals surface area contributed by atoms with E-state index >= 15 is 0 Å². The average Bonchev–Trinajstić information content (AvgIpc) is 2.48. The van der Waals surface area contributed by atoms with Crippen molar-refractivity contribution < 1.29 is 9.53 Å². The molecule has 2 rings (SSSR count). The minimum atomic E-state index is 0.0925. The molecule has 0 aromatic heterocycles. The largest absolute Gasteiger partial charge is 0.493 e. The molecule has 1 saturated heterocycles. The van der Waals surface area contributed by atoms with Crippen LogP contribution in [0.5, 0.6) is 5.75 Å². The molecule has 1 aromatic rings. The number of carbonyl (C=O) groups excluding carboxylic acids is 1. The van der Waals surface area contributed by atoms with Gasteiger partial charge in [0.1, 0.15) is 5.75 Å². The van der Waals surface area contributed by atoms with Gasteiger partial charge in [0, 0.05) is 13.1 Å². The lowest BCUT2D eigenvalue weighted by Crippen LogP contribution is -2.42. The monoisotopic (exact) mass is 276 g/mol. The molecule has 1 amide bonds. The molecule has 0 saturated carbocycles. The van der Waals surface area contributed by atoms with Gasteiger partial charge in [0.05, 0.1) is 12.2 Å². The van der Waals surface area contributed by atoms with Crippen molar-refractivity contribution in [1.29, 1.82) is 0 Å². The van der Waals surface area contributed by atoms with Crippen LogP contribution in [0, 0.1) is 5.92 Å². The van der Waals surface area contributed by atoms with Gasteiger partial charge < -0.3 is 15.0 Å². The predicted molar refractivity (Wildman–Crippen MR) is 80.2 cm³/mol. The van der Waals surface area contributed by atoms with Crippen molar-refractivity contribution in [3.8, 4) is 5.75 Å². The van der Waals surface area contributed by atoms with Gasteiger partial charge in [-0.15, -0.1) is 0 Å². The SMILES string of the molecule is CCOc1ccccc1C(=O)N1CCCC(CNC)C1. The normalized spacial score (nSPS) is 18.9. The zero-order valence-electron chi connectivity index (χ0n) is 12.4. The van der Waals surface area contributed by atoms with Gasteiger partial charge in [0.2, 0.25) is 0 Å². The summed E-state index contributed by atoms with van der Waals surface area (Å²) in [6.07, 6.45) is 2.27. The molecule has 1 heterocycles. The third-order valence-electron chi connectivity index (χ3n) is 3.72. The number of piperidine rings is 1. The van der Waals surface area contributed by atoms with Crippen molar-refractivity contribution in [3.63, 3.8) is 0 Å². The minimum Gasteiger partial charge on any atom is -0.493 e. The summed E-state index contributed by atoms with van der Waals surface area (Å²) < 4.78 is 5.56. The van der Waals surface area contributed by atoms with E-state index in [0.717, 1.165) is 26.1 Å². The highest BCUT2D eigenvalue weighted by Crippen LogP contribution is 2.23. The van der Waals surface area contributed by atoms with Gasteiger partial charge in [-0.05, 0) is 51.4 Å². The second kappa shape index (κ2) is 7.29. The molecule has 1 aromatic carbocycles. The number of rotatable bonds is 5. The Kier molecular flexibility index (Phi) is 5.41. The molecule has 110 valence electrons. The van der Waals surface area contributed by atoms with E-state index in [2.05, 4.69) is 5.32 Å². The van der Waals surface area contributed by atoms with Crippen LogP contribution in [0.25, 0.3) is 0 Å². The maximum atomic E-state index is 12.7. The van der Waals surface area contributed by atoms with Crippen LogP contribution in [0.2, 0.25) is 0 Å². The summed E-state index contributed by atoms with van der Waals surface area (Å²) >= 11 is 0. The molecule has 0 radical (unpaired) electrons. The zero-order chi connectivity index (χ0) is 14.4. The third-order valence-corrected chi connectivity index (χ3v) is 3.72. The summed E-state index contributed by atoms with van der Waals surface area (Å²) in [6, 6.07) is 7.52. The first-order valence-corrected chi connectivity index (χ1v) is 7.42. The van der Waals surface area contributed by atoms with E-state index in [9.17, 15) is 4.79 Å². The first kappa shape index (κ1) is 14.9. The number of hydrogen-bond acceptors (Lipinski definition) is 3. The summed E-state index contributed by atoms with van der Waals surface area (Å²) in [6.45, 7) is 5.16. The molecule has 1 atom stereocenters. The Hall–Kier alpha value is -1.55. The highest BCUT2D eigenvalue weighted by atomic mass is 16.5. The van der Waals surface area contributed by atoms with Gasteiger partial charge in [0.15, 0.2) is 0 Å². The molecule has 1 aliphatic rings. The number of amides is 1. The lowest BCUT2D eigenvalue weighted by atomic mass is 9.97. The molecular weight excluding hydrogens is 252 g/mol. The number of para-hydroxylation sites is 1. The van der Waals surface area contributed by atoms with Crippen molar-refractivity contribution in [2.45, 2.75) is 19.8 Å². The molecule has 1 unspecified atom stereocenters. The fraction of sp³-hybridized carbons (Fsp3) is 0.562. The second-order valence-electron chi connectivity index (χ2n) is 5.25. The van der Waals surface area contributed by atoms with E-state index in [0.29, 0.717) is 23.8 Å². The lowest BCUT2D eigenvalue weighted by Gasteiger charge is -2.33. The number of likely N-dealkylation sites (tertiary alicyclic amines) is 1. The number of hydrogen-bond donors (Lipinski definition) is 1. The van der Waals surface area contributed by atoms with Crippen LogP contribution in [0.15, 0.2) is 24.3 Å². The third kappa shape index (κ3) is 3.51. The van der Waals surface area contributed by atoms with E-state index in [-0.39, 0.29) is 5.91 Å². The second-order valence-corrected chi connectivity index (χ2v) is 5.25. The van der Waals surface area contributed by atoms with Crippen LogP contribution in [-0.4, -0.2) is 44.1 Å². The Morgan fingerprint density at radius 1 is 1.45 bits per heavy atom. The Balaban J connectivity index is 2.10. The van der Waals surface area contributed by atoms with Crippen LogP contribution < -0.4 is 10.1 Å². The molecule has 4 nitrogen and oxygen atoms in total. The van der Waals surface area contributed by atoms with Crippen molar-refractivity contribution in [3.05, 3.63) is 29.8 Å². The quantitative estimate of drug-likeness (QED) is 0.896. The van der Waals surface area contributed by atoms with Gasteiger partial charge in [-0.25, -0.2) is 0 Å². The van der Waals surface area contributed by atoms with E-state index in [1.807, 2.05) is 43.1 Å². The molecule has 20 heavy (non-hydrogen) atoms. The molecule has 1 aliphatic heterocycles. The fourth-order valence-corrected chi connectivity index (χ4v) is 2.80. The van der Waals surface area contributed by atoms with E-state index in [1.165, 1.54) is 6.42 Å². The molecular formula is C16H24N2O2. The smallest absolute Gasteiger partial charge is 0.257 e. The van der Waals surface area contributed by atoms with Crippen molar-refractivity contribution in [2.24, 2.45) is 5.92 Å². The van der Waals surface area contributed by atoms with E-state index in [1.54, 1.807) is 0 Å². The minimum absolute atomic E-state index is 0.0925. The highest BCUT2D eigenvalue weighted by Gasteiger charge is 2.25. The summed E-state index contributed by atoms with van der Waals surface area (Å²) in [5, 5.41) is 3.21. The molecule has 4 heteroatoms. The molecule has 1 N–H and O–H groups in total. The van der Waals surface area contributed by atoms with Gasteiger partial charge in [0.25, 0.3) is 5.91 Å². The summed E-state index contributed by atoms with van der Waals surface area (Å²) in [5.41, 5.74) is 0.680. The first-order valence-electron chi connectivity index (χ1n) is 7.42. The Bertz CT molecular complexity index is 446. The van der Waals surface area contributed by atoms with Gasteiger partial charge >= 0.3 is 0 Å². The van der Waals surface area contributed by atoms with Crippen LogP contribution in [0.1, 0.15) is 30.1 Å². The van der Waals surface area contributed by atoms with Crippen LogP contribution in [0.4, 0.5) is 0 Å². The van der Waals surface area contributed by atoms with Crippen LogP contribution in [0.3, 0.4) is 0 Å². The maximum Gasteiger partial charge on any atom is 0.257 e. The molecule has 0 spiro atoms. The van der Waals surface area contributed by atoms with Crippen LogP contribution in [-0.2, 0) is 0 Å². The number of nitrogens with one attached hydrogen (secondary N) is 1. The summed E-state index contributed by atoms with van der Waals surface area (Å²) in [7, 11) is 1.96. The number of benzene rings is 1. The van der Waals surface area contributed by atoms with Crippen molar-refractivity contribution >= 4 is 5.91 Å².